The number of hydrogen-bond acceptors (Lipinski definition) is 6. The van der Waals surface area contributed by atoms with Gasteiger partial charge in [-0.2, -0.15) is 0 Å². The molecule has 0 aliphatic heterocycles. The van der Waals surface area contributed by atoms with E-state index in [0.717, 1.165) is 41.8 Å². The monoisotopic (exact) mass is 434 g/mol. The Hall–Kier alpha value is -2.32. The molecule has 1 aliphatic carbocycles. The van der Waals surface area contributed by atoms with E-state index in [2.05, 4.69) is 10.6 Å². The van der Waals surface area contributed by atoms with Crippen molar-refractivity contribution in [3.05, 3.63) is 39.8 Å². The SMILES string of the molecule is COC(=O)c1c(NC(=S)NC(C)c2ccc(OC)c(OC)c2)sc2c1CCCC2. The van der Waals surface area contributed by atoms with E-state index < -0.39 is 0 Å². The van der Waals surface area contributed by atoms with Crippen molar-refractivity contribution in [1.29, 1.82) is 0 Å². The first-order chi connectivity index (χ1) is 14.0. The van der Waals surface area contributed by atoms with Crippen LogP contribution in [0.25, 0.3) is 0 Å². The summed E-state index contributed by atoms with van der Waals surface area (Å²) >= 11 is 7.11. The molecular formula is C21H26N2O4S2. The lowest BCUT2D eigenvalue weighted by atomic mass is 9.95. The first kappa shape index (κ1) is 21.4. The molecule has 0 amide bonds. The number of carbonyl (C=O) groups is 1. The topological polar surface area (TPSA) is 68.8 Å². The summed E-state index contributed by atoms with van der Waals surface area (Å²) in [6.45, 7) is 2.01. The summed E-state index contributed by atoms with van der Waals surface area (Å²) < 4.78 is 15.7. The number of esters is 1. The maximum absolute atomic E-state index is 12.4. The van der Waals surface area contributed by atoms with E-state index in [4.69, 9.17) is 26.4 Å². The number of carbonyl (C=O) groups excluding carboxylic acids is 1. The predicted molar refractivity (Wildman–Crippen MR) is 120 cm³/mol. The summed E-state index contributed by atoms with van der Waals surface area (Å²) in [4.78, 5) is 13.6. The molecule has 8 heteroatoms. The van der Waals surface area contributed by atoms with Crippen LogP contribution in [0.2, 0.25) is 0 Å². The number of ether oxygens (including phenoxy) is 3. The summed E-state index contributed by atoms with van der Waals surface area (Å²) in [6.07, 6.45) is 4.13. The molecule has 0 radical (unpaired) electrons. The highest BCUT2D eigenvalue weighted by Crippen LogP contribution is 2.38. The van der Waals surface area contributed by atoms with Crippen LogP contribution in [0.1, 0.15) is 52.2 Å². The van der Waals surface area contributed by atoms with Crippen molar-refractivity contribution in [2.24, 2.45) is 0 Å². The van der Waals surface area contributed by atoms with Gasteiger partial charge < -0.3 is 24.8 Å². The molecule has 2 N–H and O–H groups in total. The maximum atomic E-state index is 12.4. The number of benzene rings is 1. The maximum Gasteiger partial charge on any atom is 0.341 e. The van der Waals surface area contributed by atoms with Crippen LogP contribution in [0.5, 0.6) is 11.5 Å². The van der Waals surface area contributed by atoms with Gasteiger partial charge in [-0.15, -0.1) is 11.3 Å². The van der Waals surface area contributed by atoms with Gasteiger partial charge in [-0.3, -0.25) is 0 Å². The second-order valence-electron chi connectivity index (χ2n) is 6.84. The van der Waals surface area contributed by atoms with Crippen LogP contribution in [-0.2, 0) is 17.6 Å². The average Bonchev–Trinajstić information content (AvgIpc) is 3.09. The van der Waals surface area contributed by atoms with Crippen molar-refractivity contribution in [3.8, 4) is 11.5 Å². The van der Waals surface area contributed by atoms with Crippen LogP contribution in [0.4, 0.5) is 5.00 Å². The fourth-order valence-electron chi connectivity index (χ4n) is 3.51. The van der Waals surface area contributed by atoms with Gasteiger partial charge in [0.05, 0.1) is 32.9 Å². The fourth-order valence-corrected chi connectivity index (χ4v) is 5.14. The van der Waals surface area contributed by atoms with E-state index in [1.165, 1.54) is 12.0 Å². The van der Waals surface area contributed by atoms with Crippen LogP contribution < -0.4 is 20.1 Å². The Balaban J connectivity index is 1.75. The molecule has 2 aromatic rings. The largest absolute Gasteiger partial charge is 0.493 e. The Labute approximate surface area is 180 Å². The molecule has 0 bridgehead atoms. The summed E-state index contributed by atoms with van der Waals surface area (Å²) in [7, 11) is 4.63. The van der Waals surface area contributed by atoms with Gasteiger partial charge in [0.25, 0.3) is 0 Å². The molecule has 1 unspecified atom stereocenters. The summed E-state index contributed by atoms with van der Waals surface area (Å²) in [5.74, 6) is 1.02. The summed E-state index contributed by atoms with van der Waals surface area (Å²) in [5.41, 5.74) is 2.73. The minimum atomic E-state index is -0.317. The average molecular weight is 435 g/mol. The van der Waals surface area contributed by atoms with Crippen LogP contribution in [0, 0.1) is 0 Å². The lowest BCUT2D eigenvalue weighted by Gasteiger charge is -2.19. The van der Waals surface area contributed by atoms with Gasteiger partial charge in [-0.25, -0.2) is 4.79 Å². The van der Waals surface area contributed by atoms with Crippen molar-refractivity contribution in [2.75, 3.05) is 26.6 Å². The predicted octanol–water partition coefficient (Wildman–Crippen LogP) is 4.48. The van der Waals surface area contributed by atoms with Gasteiger partial charge in [0.2, 0.25) is 0 Å². The second kappa shape index (κ2) is 9.45. The number of anilines is 1. The Morgan fingerprint density at radius 1 is 1.14 bits per heavy atom. The number of thiocarbonyl (C=S) groups is 1. The molecule has 0 spiro atoms. The first-order valence-corrected chi connectivity index (χ1v) is 10.7. The molecule has 0 fully saturated rings. The highest BCUT2D eigenvalue weighted by atomic mass is 32.1. The zero-order chi connectivity index (χ0) is 21.0. The Morgan fingerprint density at radius 3 is 2.55 bits per heavy atom. The Kier molecular flexibility index (Phi) is 6.97. The second-order valence-corrected chi connectivity index (χ2v) is 8.35. The Morgan fingerprint density at radius 2 is 1.86 bits per heavy atom. The standard InChI is InChI=1S/C21H26N2O4S2/c1-12(13-9-10-15(25-2)16(11-13)26-3)22-21(28)23-19-18(20(24)27-4)14-7-5-6-8-17(14)29-19/h9-12H,5-8H2,1-4H3,(H2,22,23,28). The molecule has 0 saturated carbocycles. The van der Waals surface area contributed by atoms with Crippen molar-refractivity contribution in [3.63, 3.8) is 0 Å². The number of methoxy groups -OCH3 is 3. The Bertz CT molecular complexity index is 910. The van der Waals surface area contributed by atoms with Crippen LogP contribution >= 0.6 is 23.6 Å². The number of fused-ring (bicyclic) bond motifs is 1. The molecule has 29 heavy (non-hydrogen) atoms. The fraction of sp³-hybridized carbons (Fsp3) is 0.429. The smallest absolute Gasteiger partial charge is 0.341 e. The van der Waals surface area contributed by atoms with Gasteiger partial charge in [0, 0.05) is 4.88 Å². The van der Waals surface area contributed by atoms with Crippen molar-refractivity contribution in [2.45, 2.75) is 38.6 Å². The number of hydrogen-bond donors (Lipinski definition) is 2. The lowest BCUT2D eigenvalue weighted by Crippen LogP contribution is -2.31. The lowest BCUT2D eigenvalue weighted by molar-refractivity contribution is 0.0601. The third-order valence-electron chi connectivity index (χ3n) is 5.04. The molecule has 156 valence electrons. The van der Waals surface area contributed by atoms with E-state index in [0.29, 0.717) is 22.2 Å². The van der Waals surface area contributed by atoms with Gasteiger partial charge in [0.1, 0.15) is 5.00 Å². The first-order valence-electron chi connectivity index (χ1n) is 9.50. The third kappa shape index (κ3) is 4.64. The zero-order valence-corrected chi connectivity index (χ0v) is 18.7. The van der Waals surface area contributed by atoms with Gasteiger partial charge in [-0.05, 0) is 68.1 Å². The van der Waals surface area contributed by atoms with Gasteiger partial charge in [0.15, 0.2) is 16.6 Å². The van der Waals surface area contributed by atoms with E-state index in [1.54, 1.807) is 25.6 Å². The zero-order valence-electron chi connectivity index (χ0n) is 17.1. The molecule has 1 atom stereocenters. The number of nitrogens with one attached hydrogen (secondary N) is 2. The highest BCUT2D eigenvalue weighted by molar-refractivity contribution is 7.80. The van der Waals surface area contributed by atoms with E-state index >= 15 is 0 Å². The van der Waals surface area contributed by atoms with Crippen LogP contribution in [0.15, 0.2) is 18.2 Å². The van der Waals surface area contributed by atoms with E-state index in [9.17, 15) is 4.79 Å². The molecule has 1 aromatic heterocycles. The summed E-state index contributed by atoms with van der Waals surface area (Å²) in [6, 6.07) is 5.69. The number of thiophene rings is 1. The normalized spacial score (nSPS) is 13.8. The molecular weight excluding hydrogens is 408 g/mol. The molecule has 3 rings (SSSR count). The molecule has 6 nitrogen and oxygen atoms in total. The molecule has 1 aliphatic rings. The van der Waals surface area contributed by atoms with E-state index in [1.807, 2.05) is 25.1 Å². The number of rotatable bonds is 6. The van der Waals surface area contributed by atoms with Gasteiger partial charge in [-0.1, -0.05) is 6.07 Å². The molecule has 1 heterocycles. The quantitative estimate of drug-likeness (QED) is 0.513. The molecule has 0 saturated heterocycles. The number of aryl methyl sites for hydroxylation is 1. The van der Waals surface area contributed by atoms with Crippen LogP contribution in [0.3, 0.4) is 0 Å². The van der Waals surface area contributed by atoms with Crippen LogP contribution in [-0.4, -0.2) is 32.4 Å². The minimum Gasteiger partial charge on any atom is -0.493 e. The van der Waals surface area contributed by atoms with Crippen molar-refractivity contribution in [1.82, 2.24) is 5.32 Å². The third-order valence-corrected chi connectivity index (χ3v) is 6.47. The summed E-state index contributed by atoms with van der Waals surface area (Å²) in [5, 5.41) is 7.70. The highest BCUT2D eigenvalue weighted by Gasteiger charge is 2.26. The minimum absolute atomic E-state index is 0.0639. The van der Waals surface area contributed by atoms with Crippen molar-refractivity contribution >= 4 is 39.6 Å². The van der Waals surface area contributed by atoms with Crippen molar-refractivity contribution < 1.29 is 19.0 Å². The van der Waals surface area contributed by atoms with Gasteiger partial charge >= 0.3 is 5.97 Å². The van der Waals surface area contributed by atoms with E-state index in [-0.39, 0.29) is 12.0 Å². The molecule has 1 aromatic carbocycles.